The maximum Gasteiger partial charge on any atom is 0.264 e. The van der Waals surface area contributed by atoms with Crippen molar-refractivity contribution in [2.45, 2.75) is 20.1 Å². The Morgan fingerprint density at radius 2 is 2.29 bits per heavy atom. The predicted molar refractivity (Wildman–Crippen MR) is 65.4 cm³/mol. The summed E-state index contributed by atoms with van der Waals surface area (Å²) in [7, 11) is 0. The Hall–Kier alpha value is -1.40. The number of aromatic nitrogens is 2. The summed E-state index contributed by atoms with van der Waals surface area (Å²) < 4.78 is 11.4. The van der Waals surface area contributed by atoms with Gasteiger partial charge in [0.15, 0.2) is 12.4 Å². The van der Waals surface area contributed by atoms with E-state index in [9.17, 15) is 0 Å². The summed E-state index contributed by atoms with van der Waals surface area (Å²) >= 11 is 3.41. The second-order valence-electron chi connectivity index (χ2n) is 3.48. The molecule has 2 aromatic rings. The molecule has 0 unspecified atom stereocenters. The molecule has 0 saturated carbocycles. The van der Waals surface area contributed by atoms with E-state index in [2.05, 4.69) is 26.1 Å². The van der Waals surface area contributed by atoms with Crippen LogP contribution in [0.2, 0.25) is 0 Å². The van der Waals surface area contributed by atoms with Crippen molar-refractivity contribution in [1.82, 2.24) is 10.1 Å². The lowest BCUT2D eigenvalue weighted by Crippen LogP contribution is -2.00. The first kappa shape index (κ1) is 12.1. The van der Waals surface area contributed by atoms with Crippen molar-refractivity contribution in [3.05, 3.63) is 40.0 Å². The van der Waals surface area contributed by atoms with Crippen LogP contribution in [0.4, 0.5) is 0 Å². The van der Waals surface area contributed by atoms with Gasteiger partial charge in [-0.2, -0.15) is 4.98 Å². The third kappa shape index (κ3) is 3.04. The molecule has 0 aliphatic carbocycles. The van der Waals surface area contributed by atoms with Crippen molar-refractivity contribution in [3.8, 4) is 5.75 Å². The number of aryl methyl sites for hydroxylation is 1. The summed E-state index contributed by atoms with van der Waals surface area (Å²) in [6, 6.07) is 5.64. The van der Waals surface area contributed by atoms with Gasteiger partial charge in [0, 0.05) is 11.0 Å². The summed E-state index contributed by atoms with van der Waals surface area (Å²) in [6.07, 6.45) is 0. The fourth-order valence-corrected chi connectivity index (χ4v) is 1.75. The van der Waals surface area contributed by atoms with E-state index in [4.69, 9.17) is 15.0 Å². The molecule has 6 heteroatoms. The number of rotatable bonds is 4. The topological polar surface area (TPSA) is 74.2 Å². The zero-order valence-corrected chi connectivity index (χ0v) is 10.9. The second-order valence-corrected chi connectivity index (χ2v) is 4.34. The minimum Gasteiger partial charge on any atom is -0.484 e. The van der Waals surface area contributed by atoms with Gasteiger partial charge in [-0.25, -0.2) is 0 Å². The van der Waals surface area contributed by atoms with E-state index >= 15 is 0 Å². The normalized spacial score (nSPS) is 10.5. The Kier molecular flexibility index (Phi) is 3.75. The number of ether oxygens (including phenoxy) is 1. The predicted octanol–water partition coefficient (Wildman–Crippen LogP) is 2.18. The van der Waals surface area contributed by atoms with E-state index in [1.807, 2.05) is 18.2 Å². The molecule has 1 aromatic carbocycles. The average molecular weight is 298 g/mol. The van der Waals surface area contributed by atoms with E-state index in [-0.39, 0.29) is 6.61 Å². The van der Waals surface area contributed by atoms with Crippen molar-refractivity contribution in [2.24, 2.45) is 5.73 Å². The number of hydrogen-bond acceptors (Lipinski definition) is 5. The molecule has 17 heavy (non-hydrogen) atoms. The van der Waals surface area contributed by atoms with Crippen LogP contribution in [0.15, 0.2) is 27.2 Å². The van der Waals surface area contributed by atoms with E-state index in [1.165, 1.54) is 0 Å². The van der Waals surface area contributed by atoms with Gasteiger partial charge in [-0.1, -0.05) is 21.1 Å². The zero-order valence-electron chi connectivity index (χ0n) is 9.31. The summed E-state index contributed by atoms with van der Waals surface area (Å²) in [4.78, 5) is 4.05. The Labute approximate surface area is 107 Å². The molecule has 1 aromatic heterocycles. The third-order valence-corrected chi connectivity index (χ3v) is 2.94. The van der Waals surface area contributed by atoms with Crippen LogP contribution < -0.4 is 10.5 Å². The molecule has 0 saturated heterocycles. The summed E-state index contributed by atoms with van der Waals surface area (Å²) in [6.45, 7) is 2.48. The fourth-order valence-electron chi connectivity index (χ4n) is 1.34. The van der Waals surface area contributed by atoms with Gasteiger partial charge in [0.1, 0.15) is 5.75 Å². The number of nitrogens with zero attached hydrogens (tertiary/aromatic N) is 2. The number of hydrogen-bond donors (Lipinski definition) is 1. The Morgan fingerprint density at radius 3 is 2.94 bits per heavy atom. The number of benzene rings is 1. The number of nitrogens with two attached hydrogens (primary N) is 1. The standard InChI is InChI=1S/C11H12BrN3O2/c1-7-14-11(17-15-7)6-16-9-2-3-10(12)8(4-9)5-13/h2-4H,5-6,13H2,1H3. The summed E-state index contributed by atoms with van der Waals surface area (Å²) in [5.74, 6) is 1.78. The van der Waals surface area contributed by atoms with Gasteiger partial charge >= 0.3 is 0 Å². The van der Waals surface area contributed by atoms with Crippen molar-refractivity contribution < 1.29 is 9.26 Å². The van der Waals surface area contributed by atoms with E-state index in [0.717, 1.165) is 15.8 Å². The first-order valence-electron chi connectivity index (χ1n) is 5.09. The molecule has 0 amide bonds. The Balaban J connectivity index is 2.04. The van der Waals surface area contributed by atoms with Crippen molar-refractivity contribution in [1.29, 1.82) is 0 Å². The molecule has 2 rings (SSSR count). The zero-order chi connectivity index (χ0) is 12.3. The van der Waals surface area contributed by atoms with Gasteiger partial charge < -0.3 is 15.0 Å². The van der Waals surface area contributed by atoms with Crippen LogP contribution in [-0.2, 0) is 13.2 Å². The molecule has 0 spiro atoms. The van der Waals surface area contributed by atoms with Gasteiger partial charge in [-0.15, -0.1) is 0 Å². The van der Waals surface area contributed by atoms with Crippen LogP contribution in [-0.4, -0.2) is 10.1 Å². The SMILES string of the molecule is Cc1noc(COc2ccc(Br)c(CN)c2)n1. The van der Waals surface area contributed by atoms with Crippen LogP contribution in [0.1, 0.15) is 17.3 Å². The maximum atomic E-state index is 5.60. The van der Waals surface area contributed by atoms with Gasteiger partial charge in [-0.05, 0) is 30.7 Å². The minimum atomic E-state index is 0.256. The molecule has 1 heterocycles. The van der Waals surface area contributed by atoms with Gasteiger partial charge in [0.2, 0.25) is 0 Å². The highest BCUT2D eigenvalue weighted by Crippen LogP contribution is 2.22. The fraction of sp³-hybridized carbons (Fsp3) is 0.273. The molecule has 0 aliphatic heterocycles. The van der Waals surface area contributed by atoms with E-state index in [0.29, 0.717) is 18.3 Å². The molecule has 2 N–H and O–H groups in total. The van der Waals surface area contributed by atoms with Gasteiger partial charge in [-0.3, -0.25) is 0 Å². The minimum absolute atomic E-state index is 0.256. The molecule has 0 aliphatic rings. The second kappa shape index (κ2) is 5.29. The highest BCUT2D eigenvalue weighted by molar-refractivity contribution is 9.10. The average Bonchev–Trinajstić information content (AvgIpc) is 2.74. The van der Waals surface area contributed by atoms with Crippen LogP contribution in [0, 0.1) is 6.92 Å². The first-order valence-corrected chi connectivity index (χ1v) is 5.89. The Bertz CT molecular complexity index is 513. The van der Waals surface area contributed by atoms with Crippen LogP contribution in [0.25, 0.3) is 0 Å². The molecule has 0 fully saturated rings. The van der Waals surface area contributed by atoms with E-state index in [1.54, 1.807) is 6.92 Å². The summed E-state index contributed by atoms with van der Waals surface area (Å²) in [5.41, 5.74) is 6.59. The smallest absolute Gasteiger partial charge is 0.264 e. The van der Waals surface area contributed by atoms with Crippen molar-refractivity contribution in [3.63, 3.8) is 0 Å². The third-order valence-electron chi connectivity index (χ3n) is 2.17. The van der Waals surface area contributed by atoms with Gasteiger partial charge in [0.25, 0.3) is 5.89 Å². The lowest BCUT2D eigenvalue weighted by atomic mass is 10.2. The highest BCUT2D eigenvalue weighted by Gasteiger charge is 2.05. The molecular weight excluding hydrogens is 286 g/mol. The Morgan fingerprint density at radius 1 is 1.47 bits per heavy atom. The first-order chi connectivity index (χ1) is 8.19. The van der Waals surface area contributed by atoms with Crippen molar-refractivity contribution in [2.75, 3.05) is 0 Å². The lowest BCUT2D eigenvalue weighted by Gasteiger charge is -2.06. The van der Waals surface area contributed by atoms with Crippen molar-refractivity contribution >= 4 is 15.9 Å². The van der Waals surface area contributed by atoms with Crippen LogP contribution >= 0.6 is 15.9 Å². The summed E-state index contributed by atoms with van der Waals surface area (Å²) in [5, 5.41) is 3.68. The van der Waals surface area contributed by atoms with Crippen LogP contribution in [0.5, 0.6) is 5.75 Å². The molecule has 0 radical (unpaired) electrons. The maximum absolute atomic E-state index is 5.60. The molecule has 0 bridgehead atoms. The molecular formula is C11H12BrN3O2. The number of halogens is 1. The highest BCUT2D eigenvalue weighted by atomic mass is 79.9. The van der Waals surface area contributed by atoms with Gasteiger partial charge in [0.05, 0.1) is 0 Å². The monoisotopic (exact) mass is 297 g/mol. The molecule has 5 nitrogen and oxygen atoms in total. The quantitative estimate of drug-likeness (QED) is 0.936. The lowest BCUT2D eigenvalue weighted by molar-refractivity contribution is 0.242. The molecule has 90 valence electrons. The van der Waals surface area contributed by atoms with E-state index < -0.39 is 0 Å². The van der Waals surface area contributed by atoms with Crippen LogP contribution in [0.3, 0.4) is 0 Å². The molecule has 0 atom stereocenters. The largest absolute Gasteiger partial charge is 0.484 e.